The van der Waals surface area contributed by atoms with Gasteiger partial charge in [-0.25, -0.2) is 4.98 Å². The van der Waals surface area contributed by atoms with Crippen molar-refractivity contribution in [3.8, 4) is 78.2 Å². The Morgan fingerprint density at radius 2 is 0.627 bits per heavy atom. The monoisotopic (exact) mass is 751 g/mol. The van der Waals surface area contributed by atoms with Gasteiger partial charge >= 0.3 is 0 Å². The summed E-state index contributed by atoms with van der Waals surface area (Å²) in [5.74, 6) is 0.635. The number of rotatable bonds is 7. The molecule has 1 aromatic heterocycles. The van der Waals surface area contributed by atoms with Gasteiger partial charge in [-0.2, -0.15) is 0 Å². The zero-order valence-corrected chi connectivity index (χ0v) is 32.2. The minimum Gasteiger partial charge on any atom is -0.436 e. The van der Waals surface area contributed by atoms with Gasteiger partial charge in [0.25, 0.3) is 0 Å². The number of oxazole rings is 1. The molecule has 11 rings (SSSR count). The quantitative estimate of drug-likeness (QED) is 0.152. The van der Waals surface area contributed by atoms with Gasteiger partial charge in [0.15, 0.2) is 5.58 Å². The SMILES string of the molecule is c1ccc(-c2cc(-c3ccc(-c4c5ccccc5c(-c5nc6ccccc6o5)c5ccccc45)cc3)c(-c3ccccc3)c(-c3ccccc3)c2-c2ccccc2)cc1. The van der Waals surface area contributed by atoms with Crippen LogP contribution in [0.2, 0.25) is 0 Å². The summed E-state index contributed by atoms with van der Waals surface area (Å²) >= 11 is 0. The van der Waals surface area contributed by atoms with Gasteiger partial charge in [0.05, 0.1) is 5.56 Å². The van der Waals surface area contributed by atoms with E-state index in [2.05, 4.69) is 200 Å². The molecule has 1 heterocycles. The van der Waals surface area contributed by atoms with Crippen LogP contribution in [0.3, 0.4) is 0 Å². The van der Waals surface area contributed by atoms with Crippen molar-refractivity contribution in [2.24, 2.45) is 0 Å². The molecule has 0 radical (unpaired) electrons. The maximum Gasteiger partial charge on any atom is 0.228 e. The van der Waals surface area contributed by atoms with Gasteiger partial charge in [0.2, 0.25) is 5.89 Å². The number of fused-ring (bicyclic) bond motifs is 3. The summed E-state index contributed by atoms with van der Waals surface area (Å²) in [5, 5.41) is 4.54. The summed E-state index contributed by atoms with van der Waals surface area (Å²) in [7, 11) is 0. The topological polar surface area (TPSA) is 26.0 Å². The van der Waals surface area contributed by atoms with Crippen molar-refractivity contribution in [2.75, 3.05) is 0 Å². The summed E-state index contributed by atoms with van der Waals surface area (Å²) in [6.07, 6.45) is 0. The molecule has 0 saturated carbocycles. The van der Waals surface area contributed by atoms with Crippen LogP contribution in [0.15, 0.2) is 229 Å². The second kappa shape index (κ2) is 14.6. The third-order valence-electron chi connectivity index (χ3n) is 11.5. The average molecular weight is 752 g/mol. The first-order valence-corrected chi connectivity index (χ1v) is 20.1. The van der Waals surface area contributed by atoms with Crippen molar-refractivity contribution in [1.29, 1.82) is 0 Å². The lowest BCUT2D eigenvalue weighted by molar-refractivity contribution is 0.621. The minimum atomic E-state index is 0.635. The molecule has 0 saturated heterocycles. The van der Waals surface area contributed by atoms with Crippen molar-refractivity contribution in [3.05, 3.63) is 224 Å². The second-order valence-electron chi connectivity index (χ2n) is 15.0. The number of benzene rings is 10. The summed E-state index contributed by atoms with van der Waals surface area (Å²) < 4.78 is 6.44. The zero-order valence-electron chi connectivity index (χ0n) is 32.2. The van der Waals surface area contributed by atoms with E-state index in [9.17, 15) is 0 Å². The van der Waals surface area contributed by atoms with E-state index < -0.39 is 0 Å². The predicted octanol–water partition coefficient (Wildman–Crippen LogP) is 15.8. The molecule has 2 nitrogen and oxygen atoms in total. The average Bonchev–Trinajstić information content (AvgIpc) is 3.75. The van der Waals surface area contributed by atoms with Crippen molar-refractivity contribution in [3.63, 3.8) is 0 Å². The summed E-state index contributed by atoms with van der Waals surface area (Å²) in [6.45, 7) is 0. The van der Waals surface area contributed by atoms with E-state index in [4.69, 9.17) is 9.40 Å². The summed E-state index contributed by atoms with van der Waals surface area (Å²) in [4.78, 5) is 4.98. The molecular formula is C57H37NO. The lowest BCUT2D eigenvalue weighted by Crippen LogP contribution is -1.98. The van der Waals surface area contributed by atoms with Crippen LogP contribution >= 0.6 is 0 Å². The molecule has 0 N–H and O–H groups in total. The predicted molar refractivity (Wildman–Crippen MR) is 247 cm³/mol. The Kier molecular flexibility index (Phi) is 8.52. The van der Waals surface area contributed by atoms with Crippen LogP contribution in [0.1, 0.15) is 0 Å². The third-order valence-corrected chi connectivity index (χ3v) is 11.5. The van der Waals surface area contributed by atoms with E-state index in [0.29, 0.717) is 5.89 Å². The first kappa shape index (κ1) is 34.4. The van der Waals surface area contributed by atoms with Crippen LogP contribution in [0.4, 0.5) is 0 Å². The first-order valence-electron chi connectivity index (χ1n) is 20.1. The van der Waals surface area contributed by atoms with Crippen molar-refractivity contribution < 1.29 is 4.42 Å². The maximum atomic E-state index is 6.44. The Bertz CT molecular complexity index is 3190. The van der Waals surface area contributed by atoms with E-state index in [1.54, 1.807) is 0 Å². The largest absolute Gasteiger partial charge is 0.436 e. The Morgan fingerprint density at radius 1 is 0.271 bits per heavy atom. The van der Waals surface area contributed by atoms with Crippen LogP contribution in [0, 0.1) is 0 Å². The van der Waals surface area contributed by atoms with Gasteiger partial charge in [0, 0.05) is 0 Å². The molecule has 0 aliphatic heterocycles. The van der Waals surface area contributed by atoms with Crippen molar-refractivity contribution in [2.45, 2.75) is 0 Å². The molecule has 0 spiro atoms. The standard InChI is InChI=1S/C57H37NO/c1-5-19-38(20-6-1)48-37-49(54(41-23-9-3-10-24-41)55(42-25-11-4-12-26-42)53(48)40-21-7-2-8-22-40)39-33-35-43(36-34-39)52-44-27-13-15-29-46(44)56(47-30-16-14-28-45(47)52)57-58-50-31-17-18-32-51(50)59-57/h1-37H. The van der Waals surface area contributed by atoms with E-state index >= 15 is 0 Å². The highest BCUT2D eigenvalue weighted by Crippen LogP contribution is 2.51. The molecule has 276 valence electrons. The van der Waals surface area contributed by atoms with Gasteiger partial charge in [0.1, 0.15) is 5.52 Å². The lowest BCUT2D eigenvalue weighted by Gasteiger charge is -2.24. The molecule has 2 heteroatoms. The van der Waals surface area contributed by atoms with E-state index in [1.807, 2.05) is 24.3 Å². The van der Waals surface area contributed by atoms with E-state index in [0.717, 1.165) is 49.3 Å². The Balaban J connectivity index is 1.17. The highest BCUT2D eigenvalue weighted by Gasteiger charge is 2.24. The maximum absolute atomic E-state index is 6.44. The fraction of sp³-hybridized carbons (Fsp3) is 0. The van der Waals surface area contributed by atoms with Crippen LogP contribution in [0.5, 0.6) is 0 Å². The molecule has 0 fully saturated rings. The van der Waals surface area contributed by atoms with Gasteiger partial charge < -0.3 is 4.42 Å². The highest BCUT2D eigenvalue weighted by molar-refractivity contribution is 6.21. The fourth-order valence-corrected chi connectivity index (χ4v) is 8.92. The van der Waals surface area contributed by atoms with Crippen molar-refractivity contribution in [1.82, 2.24) is 4.98 Å². The van der Waals surface area contributed by atoms with E-state index in [1.165, 1.54) is 55.6 Å². The van der Waals surface area contributed by atoms with Crippen LogP contribution in [-0.4, -0.2) is 4.98 Å². The van der Waals surface area contributed by atoms with E-state index in [-0.39, 0.29) is 0 Å². The number of hydrogen-bond acceptors (Lipinski definition) is 2. The van der Waals surface area contributed by atoms with Gasteiger partial charge in [-0.15, -0.1) is 0 Å². The first-order chi connectivity index (χ1) is 29.3. The number of hydrogen-bond donors (Lipinski definition) is 0. The van der Waals surface area contributed by atoms with Crippen molar-refractivity contribution >= 4 is 32.6 Å². The van der Waals surface area contributed by atoms with Crippen LogP contribution in [0.25, 0.3) is 111 Å². The lowest BCUT2D eigenvalue weighted by atomic mass is 9.78. The Labute approximate surface area is 343 Å². The summed E-state index contributed by atoms with van der Waals surface area (Å²) in [6, 6.07) is 80.3. The van der Waals surface area contributed by atoms with Crippen LogP contribution in [-0.2, 0) is 0 Å². The molecule has 0 aliphatic rings. The Hall–Kier alpha value is -7.81. The summed E-state index contributed by atoms with van der Waals surface area (Å²) in [5.41, 5.74) is 16.9. The smallest absolute Gasteiger partial charge is 0.228 e. The Morgan fingerprint density at radius 3 is 1.12 bits per heavy atom. The molecule has 0 unspecified atom stereocenters. The van der Waals surface area contributed by atoms with Gasteiger partial charge in [-0.05, 0) is 107 Å². The molecule has 0 atom stereocenters. The number of aromatic nitrogens is 1. The van der Waals surface area contributed by atoms with Gasteiger partial charge in [-0.3, -0.25) is 0 Å². The minimum absolute atomic E-state index is 0.635. The second-order valence-corrected chi connectivity index (χ2v) is 15.0. The normalized spacial score (nSPS) is 11.4. The molecule has 0 bridgehead atoms. The fourth-order valence-electron chi connectivity index (χ4n) is 8.92. The molecule has 10 aromatic carbocycles. The molecule has 0 aliphatic carbocycles. The number of nitrogens with zero attached hydrogens (tertiary/aromatic N) is 1. The molecular weight excluding hydrogens is 715 g/mol. The molecule has 11 aromatic rings. The third kappa shape index (κ3) is 6.02. The molecule has 0 amide bonds. The number of para-hydroxylation sites is 2. The van der Waals surface area contributed by atoms with Crippen LogP contribution < -0.4 is 0 Å². The van der Waals surface area contributed by atoms with Gasteiger partial charge in [-0.1, -0.05) is 206 Å². The molecule has 59 heavy (non-hydrogen) atoms. The zero-order chi connectivity index (χ0) is 39.1. The highest BCUT2D eigenvalue weighted by atomic mass is 16.3.